The van der Waals surface area contributed by atoms with Crippen LogP contribution in [0.4, 0.5) is 11.4 Å². The molecule has 0 radical (unpaired) electrons. The van der Waals surface area contributed by atoms with Crippen molar-refractivity contribution in [2.24, 2.45) is 5.92 Å². The molecule has 2 N–H and O–H groups in total. The van der Waals surface area contributed by atoms with Gasteiger partial charge in [0.25, 0.3) is 5.91 Å². The molecule has 0 saturated heterocycles. The summed E-state index contributed by atoms with van der Waals surface area (Å²) in [7, 11) is 0. The molecule has 0 bridgehead atoms. The van der Waals surface area contributed by atoms with Crippen molar-refractivity contribution in [3.8, 4) is 11.5 Å². The molecule has 0 atom stereocenters. The van der Waals surface area contributed by atoms with Crippen molar-refractivity contribution in [1.82, 2.24) is 0 Å². The van der Waals surface area contributed by atoms with E-state index in [1.54, 1.807) is 36.4 Å². The van der Waals surface area contributed by atoms with Gasteiger partial charge in [-0.15, -0.1) is 0 Å². The zero-order valence-corrected chi connectivity index (χ0v) is 15.8. The maximum atomic E-state index is 12.6. The van der Waals surface area contributed by atoms with Gasteiger partial charge >= 0.3 is 0 Å². The SMILES string of the molecule is CC(C)C(=O)Nc1ccc(C(=O)Nc2ccccc2Oc2ccccc2)cc1. The van der Waals surface area contributed by atoms with Crippen LogP contribution in [-0.2, 0) is 4.79 Å². The van der Waals surface area contributed by atoms with E-state index in [4.69, 9.17) is 4.74 Å². The van der Waals surface area contributed by atoms with Gasteiger partial charge in [0.1, 0.15) is 5.75 Å². The van der Waals surface area contributed by atoms with Crippen LogP contribution in [0, 0.1) is 5.92 Å². The minimum absolute atomic E-state index is 0.0656. The van der Waals surface area contributed by atoms with E-state index < -0.39 is 0 Å². The number of hydrogen-bond donors (Lipinski definition) is 2. The molecule has 0 saturated carbocycles. The number of carbonyl (C=O) groups is 2. The maximum absolute atomic E-state index is 12.6. The van der Waals surface area contributed by atoms with E-state index in [9.17, 15) is 9.59 Å². The topological polar surface area (TPSA) is 67.4 Å². The number of ether oxygens (including phenoxy) is 1. The number of carbonyl (C=O) groups excluding carboxylic acids is 2. The first kappa shape index (κ1) is 19.2. The Morgan fingerprint density at radius 2 is 1.43 bits per heavy atom. The lowest BCUT2D eigenvalue weighted by molar-refractivity contribution is -0.118. The Labute approximate surface area is 164 Å². The molecule has 142 valence electrons. The van der Waals surface area contributed by atoms with Gasteiger partial charge in [0.05, 0.1) is 5.69 Å². The van der Waals surface area contributed by atoms with Crippen LogP contribution >= 0.6 is 0 Å². The summed E-state index contributed by atoms with van der Waals surface area (Å²) in [5.41, 5.74) is 1.72. The van der Waals surface area contributed by atoms with Gasteiger partial charge in [-0.25, -0.2) is 0 Å². The van der Waals surface area contributed by atoms with Crippen LogP contribution in [0.3, 0.4) is 0 Å². The van der Waals surface area contributed by atoms with Crippen LogP contribution in [0.15, 0.2) is 78.9 Å². The molecule has 3 rings (SSSR count). The fraction of sp³-hybridized carbons (Fsp3) is 0.130. The summed E-state index contributed by atoms with van der Waals surface area (Å²) >= 11 is 0. The molecule has 3 aromatic rings. The molecule has 5 heteroatoms. The molecule has 28 heavy (non-hydrogen) atoms. The highest BCUT2D eigenvalue weighted by atomic mass is 16.5. The number of para-hydroxylation sites is 3. The summed E-state index contributed by atoms with van der Waals surface area (Å²) in [5.74, 6) is 0.816. The van der Waals surface area contributed by atoms with Crippen LogP contribution in [-0.4, -0.2) is 11.8 Å². The highest BCUT2D eigenvalue weighted by Crippen LogP contribution is 2.29. The van der Waals surface area contributed by atoms with Crippen molar-refractivity contribution in [2.75, 3.05) is 10.6 Å². The number of rotatable bonds is 6. The summed E-state index contributed by atoms with van der Waals surface area (Å²) in [5, 5.41) is 5.68. The fourth-order valence-electron chi connectivity index (χ4n) is 2.46. The standard InChI is InChI=1S/C23H22N2O3/c1-16(2)22(26)24-18-14-12-17(13-15-18)23(27)25-20-10-6-7-11-21(20)28-19-8-4-3-5-9-19/h3-16H,1-2H3,(H,24,26)(H,25,27). The van der Waals surface area contributed by atoms with Crippen molar-refractivity contribution in [1.29, 1.82) is 0 Å². The Balaban J connectivity index is 1.70. The monoisotopic (exact) mass is 374 g/mol. The van der Waals surface area contributed by atoms with Gasteiger partial charge in [-0.3, -0.25) is 9.59 Å². The molecular weight excluding hydrogens is 352 g/mol. The number of benzene rings is 3. The minimum Gasteiger partial charge on any atom is -0.455 e. The predicted molar refractivity (Wildman–Crippen MR) is 111 cm³/mol. The average Bonchev–Trinajstić information content (AvgIpc) is 2.70. The lowest BCUT2D eigenvalue weighted by Gasteiger charge is -2.12. The van der Waals surface area contributed by atoms with Gasteiger partial charge in [0.2, 0.25) is 5.91 Å². The summed E-state index contributed by atoms with van der Waals surface area (Å²) in [4.78, 5) is 24.4. The van der Waals surface area contributed by atoms with Crippen molar-refractivity contribution in [3.63, 3.8) is 0 Å². The zero-order chi connectivity index (χ0) is 19.9. The van der Waals surface area contributed by atoms with E-state index >= 15 is 0 Å². The van der Waals surface area contributed by atoms with Crippen molar-refractivity contribution >= 4 is 23.2 Å². The zero-order valence-electron chi connectivity index (χ0n) is 15.8. The predicted octanol–water partition coefficient (Wildman–Crippen LogP) is 5.33. The molecule has 0 aliphatic rings. The van der Waals surface area contributed by atoms with Crippen LogP contribution in [0.5, 0.6) is 11.5 Å². The van der Waals surface area contributed by atoms with E-state index in [1.807, 2.05) is 56.3 Å². The molecule has 0 spiro atoms. The van der Waals surface area contributed by atoms with Gasteiger partial charge in [0.15, 0.2) is 5.75 Å². The van der Waals surface area contributed by atoms with Crippen molar-refractivity contribution in [2.45, 2.75) is 13.8 Å². The lowest BCUT2D eigenvalue weighted by Crippen LogP contribution is -2.18. The second-order valence-corrected chi connectivity index (χ2v) is 6.59. The fourth-order valence-corrected chi connectivity index (χ4v) is 2.46. The normalized spacial score (nSPS) is 10.4. The average molecular weight is 374 g/mol. The van der Waals surface area contributed by atoms with Crippen LogP contribution in [0.2, 0.25) is 0 Å². The van der Waals surface area contributed by atoms with Gasteiger partial charge in [-0.2, -0.15) is 0 Å². The summed E-state index contributed by atoms with van der Waals surface area (Å²) in [6, 6.07) is 23.4. The van der Waals surface area contributed by atoms with Gasteiger partial charge in [-0.1, -0.05) is 44.2 Å². The molecule has 3 aromatic carbocycles. The highest BCUT2D eigenvalue weighted by molar-refractivity contribution is 6.05. The Bertz CT molecular complexity index is 951. The number of anilines is 2. The molecular formula is C23H22N2O3. The Kier molecular flexibility index (Phi) is 6.07. The molecule has 0 aromatic heterocycles. The smallest absolute Gasteiger partial charge is 0.255 e. The van der Waals surface area contributed by atoms with Crippen LogP contribution < -0.4 is 15.4 Å². The Hall–Kier alpha value is -3.60. The number of nitrogens with one attached hydrogen (secondary N) is 2. The van der Waals surface area contributed by atoms with E-state index in [2.05, 4.69) is 10.6 Å². The third-order valence-corrected chi connectivity index (χ3v) is 4.05. The van der Waals surface area contributed by atoms with E-state index in [0.29, 0.717) is 28.4 Å². The van der Waals surface area contributed by atoms with E-state index in [-0.39, 0.29) is 17.7 Å². The molecule has 0 heterocycles. The van der Waals surface area contributed by atoms with E-state index in [0.717, 1.165) is 0 Å². The van der Waals surface area contributed by atoms with Gasteiger partial charge in [0, 0.05) is 17.2 Å². The van der Waals surface area contributed by atoms with E-state index in [1.165, 1.54) is 0 Å². The Morgan fingerprint density at radius 1 is 0.786 bits per heavy atom. The molecule has 0 aliphatic heterocycles. The molecule has 5 nitrogen and oxygen atoms in total. The Morgan fingerprint density at radius 3 is 2.11 bits per heavy atom. The summed E-state index contributed by atoms with van der Waals surface area (Å²) in [6.45, 7) is 3.65. The maximum Gasteiger partial charge on any atom is 0.255 e. The number of amides is 2. The third-order valence-electron chi connectivity index (χ3n) is 4.05. The summed E-state index contributed by atoms with van der Waals surface area (Å²) < 4.78 is 5.87. The molecule has 0 fully saturated rings. The lowest BCUT2D eigenvalue weighted by atomic mass is 10.1. The summed E-state index contributed by atoms with van der Waals surface area (Å²) in [6.07, 6.45) is 0. The quantitative estimate of drug-likeness (QED) is 0.613. The molecule has 2 amide bonds. The highest BCUT2D eigenvalue weighted by Gasteiger charge is 2.12. The largest absolute Gasteiger partial charge is 0.455 e. The molecule has 0 aliphatic carbocycles. The number of hydrogen-bond acceptors (Lipinski definition) is 3. The first-order valence-corrected chi connectivity index (χ1v) is 9.07. The third kappa shape index (κ3) is 4.98. The van der Waals surface area contributed by atoms with Gasteiger partial charge in [-0.05, 0) is 48.5 Å². The van der Waals surface area contributed by atoms with Crippen molar-refractivity contribution < 1.29 is 14.3 Å². The van der Waals surface area contributed by atoms with Gasteiger partial charge < -0.3 is 15.4 Å². The molecule has 0 unspecified atom stereocenters. The van der Waals surface area contributed by atoms with Crippen LogP contribution in [0.25, 0.3) is 0 Å². The van der Waals surface area contributed by atoms with Crippen LogP contribution in [0.1, 0.15) is 24.2 Å². The second-order valence-electron chi connectivity index (χ2n) is 6.59. The second kappa shape index (κ2) is 8.86. The van der Waals surface area contributed by atoms with Crippen molar-refractivity contribution in [3.05, 3.63) is 84.4 Å². The minimum atomic E-state index is -0.258. The first-order chi connectivity index (χ1) is 13.5. The first-order valence-electron chi connectivity index (χ1n) is 9.07.